The minimum absolute atomic E-state index is 0. The highest BCUT2D eigenvalue weighted by atomic mass is 35.5. The van der Waals surface area contributed by atoms with Gasteiger partial charge >= 0.3 is 0 Å². The highest BCUT2D eigenvalue weighted by molar-refractivity contribution is 5.85. The smallest absolute Gasteiger partial charge is 0.298 e. The Kier molecular flexibility index (Phi) is 5.35. The summed E-state index contributed by atoms with van der Waals surface area (Å²) in [4.78, 5) is 10.6. The van der Waals surface area contributed by atoms with Crippen LogP contribution in [0.5, 0.6) is 5.75 Å². The number of benzene rings is 1. The Morgan fingerprint density at radius 1 is 1.36 bits per heavy atom. The lowest BCUT2D eigenvalue weighted by Gasteiger charge is -2.34. The maximum Gasteiger partial charge on any atom is 0.298 e. The van der Waals surface area contributed by atoms with Crippen LogP contribution in [-0.4, -0.2) is 42.3 Å². The van der Waals surface area contributed by atoms with Crippen molar-refractivity contribution >= 4 is 29.5 Å². The summed E-state index contributed by atoms with van der Waals surface area (Å²) in [5.41, 5.74) is 1.10. The van der Waals surface area contributed by atoms with E-state index in [0.717, 1.165) is 25.4 Å². The van der Waals surface area contributed by atoms with Gasteiger partial charge in [0.25, 0.3) is 6.01 Å². The number of piperazine rings is 1. The minimum atomic E-state index is -0.332. The molecule has 3 heterocycles. The van der Waals surface area contributed by atoms with Crippen molar-refractivity contribution in [3.05, 3.63) is 48.5 Å². The predicted molar refractivity (Wildman–Crippen MR) is 95.0 cm³/mol. The molecule has 1 unspecified atom stereocenters. The summed E-state index contributed by atoms with van der Waals surface area (Å²) in [6.07, 6.45) is 3.39. The summed E-state index contributed by atoms with van der Waals surface area (Å²) < 4.78 is 24.9. The second-order valence-corrected chi connectivity index (χ2v) is 5.66. The fourth-order valence-electron chi connectivity index (χ4n) is 2.80. The predicted octanol–water partition coefficient (Wildman–Crippen LogP) is 2.64. The van der Waals surface area contributed by atoms with Gasteiger partial charge < -0.3 is 19.4 Å². The average Bonchev–Trinajstić information content (AvgIpc) is 3.04. The molecule has 1 N–H and O–H groups in total. The maximum absolute atomic E-state index is 13.3. The second-order valence-electron chi connectivity index (χ2n) is 5.66. The molecule has 1 atom stereocenters. The summed E-state index contributed by atoms with van der Waals surface area (Å²) in [6.45, 7) is 2.81. The fourth-order valence-corrected chi connectivity index (χ4v) is 2.80. The van der Waals surface area contributed by atoms with Crippen LogP contribution in [0.25, 0.3) is 11.1 Å². The molecular formula is C17H18ClFN4O2. The molecular weight excluding hydrogens is 347 g/mol. The van der Waals surface area contributed by atoms with Crippen molar-refractivity contribution in [1.82, 2.24) is 15.3 Å². The number of fused-ring (bicyclic) bond motifs is 1. The van der Waals surface area contributed by atoms with Gasteiger partial charge in [0.05, 0.1) is 12.2 Å². The van der Waals surface area contributed by atoms with E-state index in [1.54, 1.807) is 18.5 Å². The number of halogens is 2. The first kappa shape index (κ1) is 17.4. The summed E-state index contributed by atoms with van der Waals surface area (Å²) in [6, 6.07) is 8.64. The zero-order valence-corrected chi connectivity index (χ0v) is 14.2. The van der Waals surface area contributed by atoms with Crippen molar-refractivity contribution in [1.29, 1.82) is 0 Å². The molecule has 4 rings (SSSR count). The quantitative estimate of drug-likeness (QED) is 0.768. The lowest BCUT2D eigenvalue weighted by atomic mass is 10.2. The SMILES string of the molecule is Cl.Fc1ccc2nc(N3CCNCC3COc3cccnc3)oc2c1. The number of aromatic nitrogens is 2. The Balaban J connectivity index is 0.00000182. The van der Waals surface area contributed by atoms with Crippen molar-refractivity contribution in [2.75, 3.05) is 31.1 Å². The first-order valence-corrected chi connectivity index (χ1v) is 7.86. The number of pyridine rings is 1. The van der Waals surface area contributed by atoms with Gasteiger partial charge in [-0.3, -0.25) is 4.98 Å². The molecule has 8 heteroatoms. The topological polar surface area (TPSA) is 63.4 Å². The Morgan fingerprint density at radius 2 is 2.28 bits per heavy atom. The molecule has 0 aliphatic carbocycles. The molecule has 1 aliphatic heterocycles. The third-order valence-electron chi connectivity index (χ3n) is 4.01. The number of hydrogen-bond donors (Lipinski definition) is 1. The number of anilines is 1. The van der Waals surface area contributed by atoms with Gasteiger partial charge in [0.2, 0.25) is 0 Å². The number of hydrogen-bond acceptors (Lipinski definition) is 6. The molecule has 3 aromatic rings. The normalized spacial score (nSPS) is 17.3. The van der Waals surface area contributed by atoms with E-state index >= 15 is 0 Å². The molecule has 2 aromatic heterocycles. The fraction of sp³-hybridized carbons (Fsp3) is 0.294. The first-order valence-electron chi connectivity index (χ1n) is 7.86. The molecule has 0 radical (unpaired) electrons. The molecule has 0 amide bonds. The molecule has 0 bridgehead atoms. The van der Waals surface area contributed by atoms with Crippen LogP contribution >= 0.6 is 12.4 Å². The van der Waals surface area contributed by atoms with Gasteiger partial charge in [-0.25, -0.2) is 4.39 Å². The summed E-state index contributed by atoms with van der Waals surface area (Å²) >= 11 is 0. The highest BCUT2D eigenvalue weighted by Crippen LogP contribution is 2.25. The van der Waals surface area contributed by atoms with Gasteiger partial charge in [0.15, 0.2) is 5.58 Å². The van der Waals surface area contributed by atoms with E-state index in [9.17, 15) is 4.39 Å². The monoisotopic (exact) mass is 364 g/mol. The van der Waals surface area contributed by atoms with Crippen LogP contribution in [0.3, 0.4) is 0 Å². The number of ether oxygens (including phenoxy) is 1. The zero-order valence-electron chi connectivity index (χ0n) is 13.4. The third kappa shape index (κ3) is 3.83. The molecule has 0 saturated carbocycles. The Hall–Kier alpha value is -2.38. The maximum atomic E-state index is 13.3. The number of nitrogens with one attached hydrogen (secondary N) is 1. The van der Waals surface area contributed by atoms with Crippen molar-refractivity contribution in [2.45, 2.75) is 6.04 Å². The van der Waals surface area contributed by atoms with Crippen LogP contribution in [0.4, 0.5) is 10.4 Å². The van der Waals surface area contributed by atoms with E-state index in [4.69, 9.17) is 9.15 Å². The van der Waals surface area contributed by atoms with E-state index in [1.165, 1.54) is 12.1 Å². The standard InChI is InChI=1S/C17H17FN4O2.ClH/c18-12-3-4-15-16(8-12)24-17(21-15)22-7-6-20-9-13(22)11-23-14-2-1-5-19-10-14;/h1-5,8,10,13,20H,6-7,9,11H2;1H. The lowest BCUT2D eigenvalue weighted by molar-refractivity contribution is 0.261. The van der Waals surface area contributed by atoms with Gasteiger partial charge in [0.1, 0.15) is 23.7 Å². The highest BCUT2D eigenvalue weighted by Gasteiger charge is 2.27. The zero-order chi connectivity index (χ0) is 16.4. The largest absolute Gasteiger partial charge is 0.490 e. The third-order valence-corrected chi connectivity index (χ3v) is 4.01. The van der Waals surface area contributed by atoms with Gasteiger partial charge in [0, 0.05) is 31.9 Å². The van der Waals surface area contributed by atoms with Crippen molar-refractivity contribution in [3.63, 3.8) is 0 Å². The van der Waals surface area contributed by atoms with Crippen LogP contribution in [0.15, 0.2) is 47.1 Å². The van der Waals surface area contributed by atoms with Crippen molar-refractivity contribution < 1.29 is 13.5 Å². The van der Waals surface area contributed by atoms with E-state index in [-0.39, 0.29) is 24.3 Å². The first-order chi connectivity index (χ1) is 11.8. The summed E-state index contributed by atoms with van der Waals surface area (Å²) in [7, 11) is 0. The Morgan fingerprint density at radius 3 is 3.12 bits per heavy atom. The second kappa shape index (κ2) is 7.67. The molecule has 1 fully saturated rings. The van der Waals surface area contributed by atoms with Crippen LogP contribution < -0.4 is 15.0 Å². The molecule has 0 spiro atoms. The molecule has 1 aliphatic rings. The number of oxazole rings is 1. The van der Waals surface area contributed by atoms with E-state index in [2.05, 4.69) is 20.2 Å². The Bertz CT molecular complexity index is 830. The molecule has 25 heavy (non-hydrogen) atoms. The van der Waals surface area contributed by atoms with Crippen molar-refractivity contribution in [2.24, 2.45) is 0 Å². The van der Waals surface area contributed by atoms with Crippen LogP contribution in [0.1, 0.15) is 0 Å². The average molecular weight is 365 g/mol. The Labute approximate surface area is 150 Å². The van der Waals surface area contributed by atoms with E-state index in [1.807, 2.05) is 12.1 Å². The van der Waals surface area contributed by atoms with Gasteiger partial charge in [-0.05, 0) is 24.3 Å². The van der Waals surface area contributed by atoms with Crippen LogP contribution in [0, 0.1) is 5.82 Å². The van der Waals surface area contributed by atoms with E-state index in [0.29, 0.717) is 23.7 Å². The molecule has 1 aromatic carbocycles. The number of rotatable bonds is 4. The molecule has 1 saturated heterocycles. The van der Waals surface area contributed by atoms with Crippen LogP contribution in [-0.2, 0) is 0 Å². The van der Waals surface area contributed by atoms with E-state index < -0.39 is 0 Å². The summed E-state index contributed by atoms with van der Waals surface area (Å²) in [5.74, 6) is 0.393. The molecule has 6 nitrogen and oxygen atoms in total. The van der Waals surface area contributed by atoms with Crippen LogP contribution in [0.2, 0.25) is 0 Å². The lowest BCUT2D eigenvalue weighted by Crippen LogP contribution is -2.54. The number of nitrogens with zero attached hydrogens (tertiary/aromatic N) is 3. The molecule has 132 valence electrons. The summed E-state index contributed by atoms with van der Waals surface area (Å²) in [5, 5.41) is 3.35. The van der Waals surface area contributed by atoms with Crippen molar-refractivity contribution in [3.8, 4) is 5.75 Å². The minimum Gasteiger partial charge on any atom is -0.490 e. The van der Waals surface area contributed by atoms with Gasteiger partial charge in [-0.1, -0.05) is 0 Å². The van der Waals surface area contributed by atoms with Gasteiger partial charge in [-0.15, -0.1) is 12.4 Å². The van der Waals surface area contributed by atoms with Gasteiger partial charge in [-0.2, -0.15) is 4.98 Å².